The van der Waals surface area contributed by atoms with E-state index in [1.807, 2.05) is 54.9 Å². The predicted octanol–water partition coefficient (Wildman–Crippen LogP) is 3.42. The van der Waals surface area contributed by atoms with Crippen LogP contribution in [-0.4, -0.2) is 32.5 Å². The number of aromatic nitrogens is 3. The number of para-hydroxylation sites is 1. The van der Waals surface area contributed by atoms with Crippen molar-refractivity contribution in [1.82, 2.24) is 14.8 Å². The molecule has 1 atom stereocenters. The molecule has 3 aromatic rings. The lowest BCUT2D eigenvalue weighted by molar-refractivity contribution is 0.0986. The van der Waals surface area contributed by atoms with E-state index in [1.165, 1.54) is 0 Å². The number of fused-ring (bicyclic) bond motifs is 2. The number of amides is 1. The van der Waals surface area contributed by atoms with Gasteiger partial charge in [0.25, 0.3) is 5.91 Å². The molecule has 6 heteroatoms. The van der Waals surface area contributed by atoms with Gasteiger partial charge in [-0.25, -0.2) is 4.98 Å². The van der Waals surface area contributed by atoms with Crippen LogP contribution in [-0.2, 0) is 7.05 Å². The number of rotatable bonds is 1. The maximum atomic E-state index is 13.1. The van der Waals surface area contributed by atoms with E-state index in [1.54, 1.807) is 10.9 Å². The van der Waals surface area contributed by atoms with Gasteiger partial charge in [0.15, 0.2) is 5.65 Å². The number of anilines is 1. The van der Waals surface area contributed by atoms with Gasteiger partial charge >= 0.3 is 0 Å². The molecule has 0 spiro atoms. The van der Waals surface area contributed by atoms with Crippen LogP contribution in [0.25, 0.3) is 11.0 Å². The van der Waals surface area contributed by atoms with Gasteiger partial charge in [0.05, 0.1) is 16.9 Å². The molecule has 1 unspecified atom stereocenters. The van der Waals surface area contributed by atoms with Crippen LogP contribution < -0.4 is 4.90 Å². The Kier molecular flexibility index (Phi) is 3.57. The maximum Gasteiger partial charge on any atom is 0.259 e. The fraction of sp³-hybridized carbons (Fsp3) is 0.278. The Morgan fingerprint density at radius 1 is 1.33 bits per heavy atom. The minimum absolute atomic E-state index is 0.00717. The van der Waals surface area contributed by atoms with E-state index in [2.05, 4.69) is 23.1 Å². The molecule has 2 aromatic heterocycles. The first-order valence-electron chi connectivity index (χ1n) is 7.91. The molecule has 4 rings (SSSR count). The molecule has 122 valence electrons. The van der Waals surface area contributed by atoms with E-state index in [4.69, 9.17) is 0 Å². The van der Waals surface area contributed by atoms with E-state index in [0.717, 1.165) is 27.3 Å². The summed E-state index contributed by atoms with van der Waals surface area (Å²) in [5, 5.41) is 5.67. The second-order valence-electron chi connectivity index (χ2n) is 6.12. The third-order valence-electron chi connectivity index (χ3n) is 4.28. The van der Waals surface area contributed by atoms with Crippen molar-refractivity contribution in [3.8, 4) is 0 Å². The fourth-order valence-electron chi connectivity index (χ4n) is 3.16. The fourth-order valence-corrected chi connectivity index (χ4v) is 4.28. The van der Waals surface area contributed by atoms with Gasteiger partial charge in [-0.15, -0.1) is 11.8 Å². The number of hydrogen-bond donors (Lipinski definition) is 0. The van der Waals surface area contributed by atoms with Crippen LogP contribution in [0.5, 0.6) is 0 Å². The van der Waals surface area contributed by atoms with Crippen molar-refractivity contribution in [3.05, 3.63) is 47.8 Å². The van der Waals surface area contributed by atoms with E-state index in [-0.39, 0.29) is 5.91 Å². The molecule has 1 aliphatic rings. The predicted molar refractivity (Wildman–Crippen MR) is 96.7 cm³/mol. The smallest absolute Gasteiger partial charge is 0.259 e. The number of aryl methyl sites for hydroxylation is 2. The lowest BCUT2D eigenvalue weighted by Gasteiger charge is -2.32. The van der Waals surface area contributed by atoms with Crippen LogP contribution >= 0.6 is 11.8 Å². The van der Waals surface area contributed by atoms with Gasteiger partial charge in [-0.1, -0.05) is 19.1 Å². The highest BCUT2D eigenvalue weighted by Gasteiger charge is 2.28. The van der Waals surface area contributed by atoms with Crippen LogP contribution in [0.3, 0.4) is 0 Å². The number of benzene rings is 1. The molecule has 0 fully saturated rings. The monoisotopic (exact) mass is 338 g/mol. The Morgan fingerprint density at radius 2 is 2.12 bits per heavy atom. The molecule has 0 saturated heterocycles. The molecule has 1 amide bonds. The minimum atomic E-state index is -0.00717. The van der Waals surface area contributed by atoms with Crippen LogP contribution in [0, 0.1) is 6.92 Å². The molecule has 0 radical (unpaired) electrons. The van der Waals surface area contributed by atoms with Gasteiger partial charge in [-0.05, 0) is 25.1 Å². The summed E-state index contributed by atoms with van der Waals surface area (Å²) in [6, 6.07) is 9.97. The van der Waals surface area contributed by atoms with E-state index < -0.39 is 0 Å². The van der Waals surface area contributed by atoms with E-state index in [0.29, 0.717) is 17.4 Å². The van der Waals surface area contributed by atoms with Crippen LogP contribution in [0.4, 0.5) is 5.69 Å². The molecular weight excluding hydrogens is 320 g/mol. The lowest BCUT2D eigenvalue weighted by atomic mass is 10.1. The largest absolute Gasteiger partial charge is 0.306 e. The molecule has 1 aromatic carbocycles. The Labute approximate surface area is 144 Å². The van der Waals surface area contributed by atoms with Crippen molar-refractivity contribution in [3.63, 3.8) is 0 Å². The third kappa shape index (κ3) is 2.38. The number of pyridine rings is 1. The number of nitrogens with zero attached hydrogens (tertiary/aromatic N) is 4. The molecule has 3 heterocycles. The number of hydrogen-bond acceptors (Lipinski definition) is 4. The lowest BCUT2D eigenvalue weighted by Crippen LogP contribution is -2.38. The maximum absolute atomic E-state index is 13.1. The highest BCUT2D eigenvalue weighted by Crippen LogP contribution is 2.38. The topological polar surface area (TPSA) is 51.0 Å². The first-order valence-corrected chi connectivity index (χ1v) is 8.79. The first kappa shape index (κ1) is 15.2. The molecule has 1 aliphatic heterocycles. The summed E-state index contributed by atoms with van der Waals surface area (Å²) in [6.45, 7) is 4.78. The number of carbonyl (C=O) groups is 1. The van der Waals surface area contributed by atoms with Crippen molar-refractivity contribution < 1.29 is 4.79 Å². The van der Waals surface area contributed by atoms with Crippen LogP contribution in [0.1, 0.15) is 23.0 Å². The summed E-state index contributed by atoms with van der Waals surface area (Å²) < 4.78 is 1.74. The highest BCUT2D eigenvalue weighted by atomic mass is 32.2. The Balaban J connectivity index is 1.78. The summed E-state index contributed by atoms with van der Waals surface area (Å²) in [5.74, 6) is -0.00717. The molecular formula is C18H18N4OS. The van der Waals surface area contributed by atoms with Gasteiger partial charge in [0, 0.05) is 35.3 Å². The van der Waals surface area contributed by atoms with Crippen molar-refractivity contribution in [2.24, 2.45) is 7.05 Å². The summed E-state index contributed by atoms with van der Waals surface area (Å²) >= 11 is 1.81. The molecule has 24 heavy (non-hydrogen) atoms. The average Bonchev–Trinajstić information content (AvgIpc) is 2.87. The number of thioether (sulfide) groups is 1. The van der Waals surface area contributed by atoms with Gasteiger partial charge in [-0.2, -0.15) is 5.10 Å². The van der Waals surface area contributed by atoms with Crippen molar-refractivity contribution in [2.45, 2.75) is 24.0 Å². The standard InChI is InChI=1S/C18H18N4OS/c1-11-10-22(15-6-4-5-7-16(15)24-11)18(23)13-8-14-12(2)20-21(3)17(14)19-9-13/h4-9,11H,10H2,1-3H3. The van der Waals surface area contributed by atoms with Crippen LogP contribution in [0.2, 0.25) is 0 Å². The zero-order chi connectivity index (χ0) is 16.8. The average molecular weight is 338 g/mol. The SMILES string of the molecule is Cc1nn(C)c2ncc(C(=O)N3CC(C)Sc4ccccc43)cc12. The second-order valence-corrected chi connectivity index (χ2v) is 7.60. The zero-order valence-electron chi connectivity index (χ0n) is 13.9. The Morgan fingerprint density at radius 3 is 2.96 bits per heavy atom. The third-order valence-corrected chi connectivity index (χ3v) is 5.43. The van der Waals surface area contributed by atoms with Crippen molar-refractivity contribution >= 4 is 34.4 Å². The van der Waals surface area contributed by atoms with Gasteiger partial charge in [0.2, 0.25) is 0 Å². The minimum Gasteiger partial charge on any atom is -0.306 e. The van der Waals surface area contributed by atoms with Crippen molar-refractivity contribution in [1.29, 1.82) is 0 Å². The molecule has 0 aliphatic carbocycles. The van der Waals surface area contributed by atoms with Crippen molar-refractivity contribution in [2.75, 3.05) is 11.4 Å². The summed E-state index contributed by atoms with van der Waals surface area (Å²) in [7, 11) is 1.86. The van der Waals surface area contributed by atoms with E-state index in [9.17, 15) is 4.79 Å². The van der Waals surface area contributed by atoms with Crippen LogP contribution in [0.15, 0.2) is 41.4 Å². The zero-order valence-corrected chi connectivity index (χ0v) is 14.7. The van der Waals surface area contributed by atoms with E-state index >= 15 is 0 Å². The molecule has 0 N–H and O–H groups in total. The Hall–Kier alpha value is -2.34. The molecule has 0 bridgehead atoms. The second kappa shape index (κ2) is 5.63. The normalized spacial score (nSPS) is 17.1. The quantitative estimate of drug-likeness (QED) is 0.682. The molecule has 5 nitrogen and oxygen atoms in total. The van der Waals surface area contributed by atoms with Gasteiger partial charge in [0.1, 0.15) is 0 Å². The van der Waals surface area contributed by atoms with Gasteiger partial charge < -0.3 is 4.90 Å². The highest BCUT2D eigenvalue weighted by molar-refractivity contribution is 8.00. The first-order chi connectivity index (χ1) is 11.5. The molecule has 0 saturated carbocycles. The van der Waals surface area contributed by atoms with Gasteiger partial charge in [-0.3, -0.25) is 9.48 Å². The Bertz CT molecular complexity index is 949. The number of carbonyl (C=O) groups excluding carboxylic acids is 1. The summed E-state index contributed by atoms with van der Waals surface area (Å²) in [5.41, 5.74) is 3.27. The summed E-state index contributed by atoms with van der Waals surface area (Å²) in [6.07, 6.45) is 1.65. The summed E-state index contributed by atoms with van der Waals surface area (Å²) in [4.78, 5) is 20.6.